The molecule has 39 heavy (non-hydrogen) atoms. The minimum atomic E-state index is -4.77. The molecule has 0 fully saturated rings. The smallest absolute Gasteiger partial charge is 0.282 e. The molecule has 0 atom stereocenters. The number of rotatable bonds is 6. The van der Waals surface area contributed by atoms with E-state index in [4.69, 9.17) is 0 Å². The second-order valence-electron chi connectivity index (χ2n) is 8.63. The molecule has 0 unspecified atom stereocenters. The van der Waals surface area contributed by atoms with Crippen LogP contribution in [0.5, 0.6) is 0 Å². The van der Waals surface area contributed by atoms with E-state index in [9.17, 15) is 25.9 Å². The predicted octanol–water partition coefficient (Wildman–Crippen LogP) is 7.63. The van der Waals surface area contributed by atoms with Gasteiger partial charge in [0.1, 0.15) is 9.79 Å². The number of benzene rings is 5. The minimum Gasteiger partial charge on any atom is -0.282 e. The summed E-state index contributed by atoms with van der Waals surface area (Å²) >= 11 is 0. The predicted molar refractivity (Wildman–Crippen MR) is 147 cm³/mol. The Morgan fingerprint density at radius 1 is 0.513 bits per heavy atom. The minimum absolute atomic E-state index is 0.0570. The number of hydrogen-bond donors (Lipinski definition) is 2. The normalized spacial score (nSPS) is 12.7. The number of hydrogen-bond acceptors (Lipinski definition) is 8. The first-order chi connectivity index (χ1) is 18.5. The van der Waals surface area contributed by atoms with Crippen LogP contribution in [0.25, 0.3) is 21.5 Å². The molecular weight excluding hydrogens is 540 g/mol. The van der Waals surface area contributed by atoms with Crippen LogP contribution in [0.15, 0.2) is 121 Å². The fourth-order valence-electron chi connectivity index (χ4n) is 4.08. The molecule has 5 aromatic carbocycles. The zero-order valence-corrected chi connectivity index (χ0v) is 21.9. The van der Waals surface area contributed by atoms with E-state index >= 15 is 0 Å². The van der Waals surface area contributed by atoms with Gasteiger partial charge in [-0.2, -0.15) is 27.1 Å². The van der Waals surface area contributed by atoms with Gasteiger partial charge in [0, 0.05) is 21.5 Å². The molecule has 10 nitrogen and oxygen atoms in total. The molecule has 12 heteroatoms. The molecule has 0 spiro atoms. The summed E-state index contributed by atoms with van der Waals surface area (Å²) in [6, 6.07) is 24.3. The quantitative estimate of drug-likeness (QED) is 0.160. The second kappa shape index (κ2) is 10.1. The number of aryl methyl sites for hydroxylation is 1. The molecule has 196 valence electrons. The summed E-state index contributed by atoms with van der Waals surface area (Å²) in [6.07, 6.45) is 0. The van der Waals surface area contributed by atoms with E-state index in [-0.39, 0.29) is 16.5 Å². The van der Waals surface area contributed by atoms with Gasteiger partial charge in [-0.3, -0.25) is 9.11 Å². The van der Waals surface area contributed by atoms with Crippen LogP contribution in [0.4, 0.5) is 22.7 Å². The van der Waals surface area contributed by atoms with Gasteiger partial charge in [-0.1, -0.05) is 54.1 Å². The summed E-state index contributed by atoms with van der Waals surface area (Å²) in [6.45, 7) is 1.98. The van der Waals surface area contributed by atoms with Crippen molar-refractivity contribution in [3.8, 4) is 0 Å². The summed E-state index contributed by atoms with van der Waals surface area (Å²) in [7, 11) is -9.48. The van der Waals surface area contributed by atoms with E-state index in [1.54, 1.807) is 12.1 Å². The van der Waals surface area contributed by atoms with Crippen LogP contribution in [0.3, 0.4) is 0 Å². The average Bonchev–Trinajstić information content (AvgIpc) is 2.90. The van der Waals surface area contributed by atoms with Crippen LogP contribution in [0.2, 0.25) is 0 Å². The van der Waals surface area contributed by atoms with Gasteiger partial charge < -0.3 is 0 Å². The van der Waals surface area contributed by atoms with Crippen molar-refractivity contribution in [2.45, 2.75) is 16.7 Å². The highest BCUT2D eigenvalue weighted by Crippen LogP contribution is 2.37. The maximum Gasteiger partial charge on any atom is 0.295 e. The third-order valence-corrected chi connectivity index (χ3v) is 7.72. The highest BCUT2D eigenvalue weighted by atomic mass is 32.2. The lowest BCUT2D eigenvalue weighted by atomic mass is 10.1. The molecule has 0 aliphatic heterocycles. The van der Waals surface area contributed by atoms with Gasteiger partial charge in [-0.15, -0.1) is 10.2 Å². The van der Waals surface area contributed by atoms with Crippen LogP contribution in [-0.2, 0) is 20.2 Å². The fraction of sp³-hybridized carbons (Fsp3) is 0.0370. The SMILES string of the molecule is Cc1ccc(N=Nc2ccc(N=Nc3cc(S(=O)(=O)O)c4cccc(S(=O)(=O)O)c4c3)c3ccccc23)cc1. The van der Waals surface area contributed by atoms with Crippen molar-refractivity contribution in [3.63, 3.8) is 0 Å². The van der Waals surface area contributed by atoms with Gasteiger partial charge in [0.05, 0.1) is 22.7 Å². The first kappa shape index (κ1) is 26.3. The Bertz CT molecular complexity index is 2020. The molecule has 5 rings (SSSR count). The Kier molecular flexibility index (Phi) is 6.78. The number of azo groups is 2. The zero-order chi connectivity index (χ0) is 27.8. The monoisotopic (exact) mass is 560 g/mol. The van der Waals surface area contributed by atoms with E-state index in [1.807, 2.05) is 55.5 Å². The molecule has 2 N–H and O–H groups in total. The van der Waals surface area contributed by atoms with Gasteiger partial charge in [0.25, 0.3) is 20.2 Å². The van der Waals surface area contributed by atoms with E-state index in [0.717, 1.165) is 23.1 Å². The van der Waals surface area contributed by atoms with Crippen LogP contribution in [0.1, 0.15) is 5.56 Å². The molecule has 0 radical (unpaired) electrons. The number of fused-ring (bicyclic) bond motifs is 2. The highest BCUT2D eigenvalue weighted by Gasteiger charge is 2.21. The lowest BCUT2D eigenvalue weighted by Crippen LogP contribution is -2.03. The number of nitrogens with zero attached hydrogens (tertiary/aromatic N) is 4. The van der Waals surface area contributed by atoms with Crippen LogP contribution >= 0.6 is 0 Å². The molecule has 0 amide bonds. The molecule has 0 saturated heterocycles. The van der Waals surface area contributed by atoms with E-state index in [2.05, 4.69) is 20.5 Å². The van der Waals surface area contributed by atoms with Gasteiger partial charge in [-0.05, 0) is 49.4 Å². The van der Waals surface area contributed by atoms with Gasteiger partial charge in [-0.25, -0.2) is 0 Å². The van der Waals surface area contributed by atoms with Crippen LogP contribution < -0.4 is 0 Å². The summed E-state index contributed by atoms with van der Waals surface area (Å²) in [5.41, 5.74) is 2.78. The molecule has 0 heterocycles. The molecule has 0 aliphatic carbocycles. The molecule has 0 bridgehead atoms. The molecular formula is C27H20N4O6S2. The van der Waals surface area contributed by atoms with Crippen molar-refractivity contribution >= 4 is 64.5 Å². The van der Waals surface area contributed by atoms with Crippen molar-refractivity contribution in [1.29, 1.82) is 0 Å². The fourth-order valence-corrected chi connectivity index (χ4v) is 5.50. The Morgan fingerprint density at radius 2 is 1.05 bits per heavy atom. The largest absolute Gasteiger partial charge is 0.295 e. The summed E-state index contributed by atoms with van der Waals surface area (Å²) in [4.78, 5) is -1.10. The standard InChI is InChI=1S/C27H20N4O6S2/c1-17-9-11-18(12-10-17)28-30-24-13-14-25(21-6-3-2-5-20(21)24)31-29-19-15-23-22(27(16-19)39(35,36)37)7-4-8-26(23)38(32,33)34/h2-16H,1H3,(H,32,33,34)(H,35,36,37). The maximum absolute atomic E-state index is 12.1. The lowest BCUT2D eigenvalue weighted by molar-refractivity contribution is 0.481. The Labute approximate surface area is 223 Å². The molecule has 0 saturated carbocycles. The van der Waals surface area contributed by atoms with Crippen LogP contribution in [-0.4, -0.2) is 25.9 Å². The second-order valence-corrected chi connectivity index (χ2v) is 11.4. The van der Waals surface area contributed by atoms with Gasteiger partial charge in [0.2, 0.25) is 0 Å². The van der Waals surface area contributed by atoms with Crippen molar-refractivity contribution < 1.29 is 25.9 Å². The van der Waals surface area contributed by atoms with Gasteiger partial charge >= 0.3 is 0 Å². The van der Waals surface area contributed by atoms with Crippen molar-refractivity contribution in [1.82, 2.24) is 0 Å². The van der Waals surface area contributed by atoms with E-state index in [0.29, 0.717) is 22.4 Å². The molecule has 5 aromatic rings. The lowest BCUT2D eigenvalue weighted by Gasteiger charge is -2.09. The van der Waals surface area contributed by atoms with Crippen LogP contribution in [0, 0.1) is 6.92 Å². The first-order valence-corrected chi connectivity index (χ1v) is 14.3. The van der Waals surface area contributed by atoms with Crippen molar-refractivity contribution in [2.75, 3.05) is 0 Å². The van der Waals surface area contributed by atoms with Gasteiger partial charge in [0.15, 0.2) is 0 Å². The van der Waals surface area contributed by atoms with Crippen molar-refractivity contribution in [3.05, 3.63) is 96.6 Å². The Balaban J connectivity index is 1.60. The Hall–Kier alpha value is -4.36. The summed E-state index contributed by atoms with van der Waals surface area (Å²) in [5, 5.41) is 18.3. The molecule has 0 aliphatic rings. The third-order valence-electron chi connectivity index (χ3n) is 5.92. The third kappa shape index (κ3) is 5.59. The van der Waals surface area contributed by atoms with E-state index < -0.39 is 30.0 Å². The maximum atomic E-state index is 12.1. The Morgan fingerprint density at radius 3 is 1.62 bits per heavy atom. The summed E-state index contributed by atoms with van der Waals surface area (Å²) in [5.74, 6) is 0. The highest BCUT2D eigenvalue weighted by molar-refractivity contribution is 7.86. The van der Waals surface area contributed by atoms with E-state index in [1.165, 1.54) is 18.2 Å². The topological polar surface area (TPSA) is 158 Å². The summed E-state index contributed by atoms with van der Waals surface area (Å²) < 4.78 is 67.4. The zero-order valence-electron chi connectivity index (χ0n) is 20.3. The average molecular weight is 561 g/mol. The van der Waals surface area contributed by atoms with Crippen molar-refractivity contribution in [2.24, 2.45) is 20.5 Å². The first-order valence-electron chi connectivity index (χ1n) is 11.4. The molecule has 0 aromatic heterocycles.